The van der Waals surface area contributed by atoms with Gasteiger partial charge in [0.05, 0.1) is 26.6 Å². The zero-order chi connectivity index (χ0) is 18.8. The molecule has 26 heavy (non-hydrogen) atoms. The highest BCUT2D eigenvalue weighted by Crippen LogP contribution is 2.31. The number of hydrogen-bond donors (Lipinski definition) is 2. The van der Waals surface area contributed by atoms with Crippen molar-refractivity contribution in [1.29, 1.82) is 0 Å². The smallest absolute Gasteiger partial charge is 0.319 e. The number of nitrogens with zero attached hydrogens (tertiary/aromatic N) is 2. The van der Waals surface area contributed by atoms with Gasteiger partial charge in [0.25, 0.3) is 0 Å². The van der Waals surface area contributed by atoms with E-state index in [9.17, 15) is 14.7 Å². The van der Waals surface area contributed by atoms with Crippen LogP contribution >= 0.6 is 0 Å². The van der Waals surface area contributed by atoms with E-state index in [1.807, 2.05) is 0 Å². The summed E-state index contributed by atoms with van der Waals surface area (Å²) in [5, 5.41) is 15.9. The number of carboxylic acid groups (broad SMARTS) is 1. The van der Waals surface area contributed by atoms with Crippen molar-refractivity contribution >= 4 is 11.9 Å². The van der Waals surface area contributed by atoms with Crippen LogP contribution in [0.2, 0.25) is 0 Å². The molecule has 8 heteroatoms. The molecule has 8 nitrogen and oxygen atoms in total. The molecule has 1 aliphatic rings. The van der Waals surface area contributed by atoms with Crippen LogP contribution in [0.15, 0.2) is 4.52 Å². The molecule has 1 aromatic heterocycles. The van der Waals surface area contributed by atoms with E-state index in [1.54, 1.807) is 0 Å². The lowest BCUT2D eigenvalue weighted by Crippen LogP contribution is -2.23. The van der Waals surface area contributed by atoms with Crippen LogP contribution in [0.4, 0.5) is 0 Å². The molecule has 1 fully saturated rings. The Morgan fingerprint density at radius 3 is 2.81 bits per heavy atom. The first kappa shape index (κ1) is 20.4. The maximum atomic E-state index is 11.2. The van der Waals surface area contributed by atoms with Gasteiger partial charge in [-0.3, -0.25) is 14.9 Å². The molecule has 0 saturated heterocycles. The summed E-state index contributed by atoms with van der Waals surface area (Å²) in [7, 11) is 1.32. The van der Waals surface area contributed by atoms with Gasteiger partial charge in [0, 0.05) is 5.92 Å². The van der Waals surface area contributed by atoms with Crippen LogP contribution in [-0.2, 0) is 20.9 Å². The summed E-state index contributed by atoms with van der Waals surface area (Å²) < 4.78 is 9.81. The van der Waals surface area contributed by atoms with Crippen LogP contribution in [0.3, 0.4) is 0 Å². The number of aliphatic carboxylic acids is 1. The number of aromatic nitrogens is 2. The Morgan fingerprint density at radius 1 is 1.35 bits per heavy atom. The molecule has 1 saturated carbocycles. The lowest BCUT2D eigenvalue weighted by atomic mass is 9.84. The van der Waals surface area contributed by atoms with Gasteiger partial charge in [0.1, 0.15) is 0 Å². The minimum Gasteiger partial charge on any atom is -0.481 e. The highest BCUT2D eigenvalue weighted by Gasteiger charge is 2.23. The summed E-state index contributed by atoms with van der Waals surface area (Å²) in [5.74, 6) is 0.0434. The zero-order valence-electron chi connectivity index (χ0n) is 15.4. The van der Waals surface area contributed by atoms with Crippen LogP contribution in [0.5, 0.6) is 0 Å². The van der Waals surface area contributed by atoms with Gasteiger partial charge in [0.15, 0.2) is 5.82 Å². The first-order valence-electron chi connectivity index (χ1n) is 9.40. The number of carbonyl (C=O) groups excluding carboxylic acids is 1. The zero-order valence-corrected chi connectivity index (χ0v) is 15.4. The van der Waals surface area contributed by atoms with E-state index in [-0.39, 0.29) is 31.4 Å². The third kappa shape index (κ3) is 7.11. The second-order valence-corrected chi connectivity index (χ2v) is 6.96. The summed E-state index contributed by atoms with van der Waals surface area (Å²) >= 11 is 0. The summed E-state index contributed by atoms with van der Waals surface area (Å²) in [5.41, 5.74) is 0. The molecule has 1 heterocycles. The van der Waals surface area contributed by atoms with Gasteiger partial charge in [-0.15, -0.1) is 0 Å². The molecular formula is C18H29N3O5. The number of rotatable bonds is 11. The standard InChI is InChI=1S/C18H29N3O5/c1-25-17(24)12-19-11-15-20-18(26-21-15)14(10-16(22)23)9-5-8-13-6-3-2-4-7-13/h13-14,19H,2-12H2,1H3,(H,22,23). The molecular weight excluding hydrogens is 338 g/mol. The number of nitrogens with one attached hydrogen (secondary N) is 1. The van der Waals surface area contributed by atoms with Gasteiger partial charge in [-0.1, -0.05) is 50.1 Å². The van der Waals surface area contributed by atoms with Gasteiger partial charge in [0.2, 0.25) is 5.89 Å². The number of carboxylic acids is 1. The second kappa shape index (κ2) is 10.9. The van der Waals surface area contributed by atoms with Gasteiger partial charge in [-0.2, -0.15) is 4.98 Å². The fourth-order valence-electron chi connectivity index (χ4n) is 3.51. The van der Waals surface area contributed by atoms with Crippen molar-refractivity contribution in [2.75, 3.05) is 13.7 Å². The van der Waals surface area contributed by atoms with Crippen molar-refractivity contribution in [1.82, 2.24) is 15.5 Å². The first-order valence-corrected chi connectivity index (χ1v) is 9.40. The fourth-order valence-corrected chi connectivity index (χ4v) is 3.51. The number of methoxy groups -OCH3 is 1. The maximum Gasteiger partial charge on any atom is 0.319 e. The van der Waals surface area contributed by atoms with Crippen molar-refractivity contribution in [2.45, 2.75) is 70.3 Å². The second-order valence-electron chi connectivity index (χ2n) is 6.96. The Labute approximate surface area is 153 Å². The van der Waals surface area contributed by atoms with Crippen molar-refractivity contribution in [2.24, 2.45) is 5.92 Å². The highest BCUT2D eigenvalue weighted by atomic mass is 16.5. The normalized spacial score (nSPS) is 16.3. The van der Waals surface area contributed by atoms with Gasteiger partial charge in [-0.25, -0.2) is 0 Å². The van der Waals surface area contributed by atoms with Crippen molar-refractivity contribution in [3.8, 4) is 0 Å². The largest absolute Gasteiger partial charge is 0.481 e. The van der Waals surface area contributed by atoms with E-state index in [0.717, 1.165) is 25.2 Å². The molecule has 0 aliphatic heterocycles. The van der Waals surface area contributed by atoms with E-state index in [2.05, 4.69) is 20.2 Å². The van der Waals surface area contributed by atoms with Crippen LogP contribution in [0.1, 0.15) is 75.4 Å². The van der Waals surface area contributed by atoms with Crippen molar-refractivity contribution in [3.05, 3.63) is 11.7 Å². The monoisotopic (exact) mass is 367 g/mol. The minimum absolute atomic E-state index is 0.0120. The van der Waals surface area contributed by atoms with E-state index < -0.39 is 5.97 Å². The van der Waals surface area contributed by atoms with Gasteiger partial charge < -0.3 is 14.4 Å². The molecule has 0 aromatic carbocycles. The van der Waals surface area contributed by atoms with Gasteiger partial charge in [-0.05, 0) is 12.3 Å². The Balaban J connectivity index is 1.83. The van der Waals surface area contributed by atoms with E-state index in [0.29, 0.717) is 11.7 Å². The van der Waals surface area contributed by atoms with Gasteiger partial charge >= 0.3 is 11.9 Å². The lowest BCUT2D eigenvalue weighted by molar-refractivity contribution is -0.139. The number of esters is 1. The average molecular weight is 367 g/mol. The average Bonchev–Trinajstić information content (AvgIpc) is 3.10. The lowest BCUT2D eigenvalue weighted by Gasteiger charge is -2.21. The first-order chi connectivity index (χ1) is 12.6. The number of hydrogen-bond acceptors (Lipinski definition) is 7. The van der Waals surface area contributed by atoms with E-state index in [4.69, 9.17) is 4.52 Å². The summed E-state index contributed by atoms with van der Waals surface area (Å²) in [6.07, 6.45) is 9.39. The van der Waals surface area contributed by atoms with Crippen molar-refractivity contribution in [3.63, 3.8) is 0 Å². The molecule has 146 valence electrons. The number of carbonyl (C=O) groups is 2. The highest BCUT2D eigenvalue weighted by molar-refractivity contribution is 5.71. The predicted octanol–water partition coefficient (Wildman–Crippen LogP) is 2.64. The molecule has 0 amide bonds. The quantitative estimate of drug-likeness (QED) is 0.574. The topological polar surface area (TPSA) is 115 Å². The summed E-state index contributed by atoms with van der Waals surface area (Å²) in [4.78, 5) is 26.5. The third-order valence-corrected chi connectivity index (χ3v) is 4.92. The maximum absolute atomic E-state index is 11.2. The molecule has 0 spiro atoms. The molecule has 1 atom stereocenters. The summed E-state index contributed by atoms with van der Waals surface area (Å²) in [6, 6.07) is 0. The third-order valence-electron chi connectivity index (χ3n) is 4.92. The van der Waals surface area contributed by atoms with E-state index in [1.165, 1.54) is 39.2 Å². The van der Waals surface area contributed by atoms with Crippen LogP contribution < -0.4 is 5.32 Å². The Hall–Kier alpha value is -1.96. The molecule has 0 radical (unpaired) electrons. The Bertz CT molecular complexity index is 569. The Kier molecular flexibility index (Phi) is 8.53. The predicted molar refractivity (Wildman–Crippen MR) is 93.4 cm³/mol. The molecule has 0 bridgehead atoms. The minimum atomic E-state index is -0.865. The van der Waals surface area contributed by atoms with Crippen LogP contribution in [0, 0.1) is 5.92 Å². The molecule has 2 N–H and O–H groups in total. The SMILES string of the molecule is COC(=O)CNCc1noc(C(CCCC2CCCCC2)CC(=O)O)n1. The van der Waals surface area contributed by atoms with Crippen LogP contribution in [-0.4, -0.2) is 40.8 Å². The fraction of sp³-hybridized carbons (Fsp3) is 0.778. The number of ether oxygens (including phenoxy) is 1. The Morgan fingerprint density at radius 2 is 2.12 bits per heavy atom. The summed E-state index contributed by atoms with van der Waals surface area (Å²) in [6.45, 7) is 0.320. The van der Waals surface area contributed by atoms with Crippen LogP contribution in [0.25, 0.3) is 0 Å². The molecule has 2 rings (SSSR count). The molecule has 1 unspecified atom stereocenters. The molecule has 1 aromatic rings. The molecule has 1 aliphatic carbocycles. The van der Waals surface area contributed by atoms with Crippen molar-refractivity contribution < 1.29 is 24.0 Å². The van der Waals surface area contributed by atoms with E-state index >= 15 is 0 Å².